The van der Waals surface area contributed by atoms with Crippen LogP contribution in [0.25, 0.3) is 10.2 Å². The van der Waals surface area contributed by atoms with Gasteiger partial charge in [-0.1, -0.05) is 29.5 Å². The summed E-state index contributed by atoms with van der Waals surface area (Å²) in [7, 11) is -3.49. The Morgan fingerprint density at radius 2 is 1.92 bits per heavy atom. The predicted molar refractivity (Wildman–Crippen MR) is 144 cm³/mol. The van der Waals surface area contributed by atoms with Crippen molar-refractivity contribution in [3.63, 3.8) is 0 Å². The van der Waals surface area contributed by atoms with E-state index in [4.69, 9.17) is 9.72 Å². The van der Waals surface area contributed by atoms with Crippen molar-refractivity contribution in [3.8, 4) is 0 Å². The second-order valence-corrected chi connectivity index (χ2v) is 13.4. The smallest absolute Gasteiger partial charge is 0.252 e. The molecule has 2 saturated heterocycles. The van der Waals surface area contributed by atoms with Crippen molar-refractivity contribution in [1.29, 1.82) is 0 Å². The topological polar surface area (TPSA) is 83.0 Å². The lowest BCUT2D eigenvalue weighted by Crippen LogP contribution is -2.45. The van der Waals surface area contributed by atoms with Crippen molar-refractivity contribution >= 4 is 54.0 Å². The standard InChI is InChI=1S/C25H32N4O4S3/c1-19-5-2-6-21-23(19)26-25(35-21)29(11-4-10-27-14-16-33-17-15-27)24(30)20-8-12-28(13-9-20)36(31,32)22-7-3-18-34-22/h2-3,5-7,18,20H,4,8-17H2,1H3. The minimum atomic E-state index is -3.49. The monoisotopic (exact) mass is 548 g/mol. The second kappa shape index (κ2) is 11.2. The highest BCUT2D eigenvalue weighted by molar-refractivity contribution is 7.91. The first kappa shape index (κ1) is 25.7. The molecule has 2 aliphatic rings. The summed E-state index contributed by atoms with van der Waals surface area (Å²) in [4.78, 5) is 22.9. The van der Waals surface area contributed by atoms with E-state index in [-0.39, 0.29) is 11.8 Å². The number of sulfonamides is 1. The van der Waals surface area contributed by atoms with Crippen LogP contribution < -0.4 is 4.90 Å². The van der Waals surface area contributed by atoms with Crippen molar-refractivity contribution in [2.24, 2.45) is 5.92 Å². The summed E-state index contributed by atoms with van der Waals surface area (Å²) >= 11 is 2.79. The molecular formula is C25H32N4O4S3. The van der Waals surface area contributed by atoms with Crippen molar-refractivity contribution in [3.05, 3.63) is 41.3 Å². The van der Waals surface area contributed by atoms with Crippen LogP contribution in [0, 0.1) is 12.8 Å². The summed E-state index contributed by atoms with van der Waals surface area (Å²) in [6.07, 6.45) is 1.90. The first-order chi connectivity index (χ1) is 17.4. The van der Waals surface area contributed by atoms with Crippen LogP contribution >= 0.6 is 22.7 Å². The Hall–Kier alpha value is -1.89. The zero-order valence-corrected chi connectivity index (χ0v) is 22.9. The number of morpholine rings is 1. The first-order valence-corrected chi connectivity index (χ1v) is 15.6. The number of thiazole rings is 1. The molecule has 0 spiro atoms. The lowest BCUT2D eigenvalue weighted by atomic mass is 9.96. The lowest BCUT2D eigenvalue weighted by Gasteiger charge is -2.33. The van der Waals surface area contributed by atoms with Crippen LogP contribution in [0.2, 0.25) is 0 Å². The van der Waals surface area contributed by atoms with E-state index in [9.17, 15) is 13.2 Å². The van der Waals surface area contributed by atoms with Gasteiger partial charge in [0, 0.05) is 45.2 Å². The molecule has 0 atom stereocenters. The molecule has 1 amide bonds. The number of ether oxygens (including phenoxy) is 1. The molecule has 8 nitrogen and oxygen atoms in total. The van der Waals surface area contributed by atoms with Crippen LogP contribution in [0.5, 0.6) is 0 Å². The van der Waals surface area contributed by atoms with E-state index in [1.54, 1.807) is 28.8 Å². The number of hydrogen-bond acceptors (Lipinski definition) is 8. The molecule has 36 heavy (non-hydrogen) atoms. The quantitative estimate of drug-likeness (QED) is 0.426. The van der Waals surface area contributed by atoms with Gasteiger partial charge < -0.3 is 4.74 Å². The molecule has 194 valence electrons. The number of nitrogens with zero attached hydrogens (tertiary/aromatic N) is 4. The number of fused-ring (bicyclic) bond motifs is 1. The summed E-state index contributed by atoms with van der Waals surface area (Å²) < 4.78 is 34.3. The van der Waals surface area contributed by atoms with Crippen LogP contribution in [-0.2, 0) is 19.6 Å². The summed E-state index contributed by atoms with van der Waals surface area (Å²) in [5.74, 6) is -0.155. The molecule has 4 heterocycles. The maximum absolute atomic E-state index is 13.8. The van der Waals surface area contributed by atoms with Gasteiger partial charge in [0.25, 0.3) is 10.0 Å². The van der Waals surface area contributed by atoms with Crippen molar-refractivity contribution < 1.29 is 17.9 Å². The largest absolute Gasteiger partial charge is 0.379 e. The third kappa shape index (κ3) is 5.51. The van der Waals surface area contributed by atoms with E-state index in [0.29, 0.717) is 36.7 Å². The first-order valence-electron chi connectivity index (χ1n) is 12.4. The van der Waals surface area contributed by atoms with Gasteiger partial charge in [-0.25, -0.2) is 13.4 Å². The number of carbonyl (C=O) groups is 1. The molecule has 3 aromatic rings. The maximum Gasteiger partial charge on any atom is 0.252 e. The summed E-state index contributed by atoms with van der Waals surface area (Å²) in [6.45, 7) is 7.63. The van der Waals surface area contributed by atoms with Crippen LogP contribution in [0.4, 0.5) is 5.13 Å². The Kier molecular flexibility index (Phi) is 8.04. The summed E-state index contributed by atoms with van der Waals surface area (Å²) in [6, 6.07) is 9.51. The van der Waals surface area contributed by atoms with Gasteiger partial charge in [0.1, 0.15) is 4.21 Å². The number of para-hydroxylation sites is 1. The number of rotatable bonds is 8. The molecule has 0 bridgehead atoms. The van der Waals surface area contributed by atoms with E-state index in [0.717, 1.165) is 60.2 Å². The Bertz CT molecular complexity index is 1280. The van der Waals surface area contributed by atoms with Gasteiger partial charge in [0.2, 0.25) is 5.91 Å². The van der Waals surface area contributed by atoms with Crippen LogP contribution in [0.1, 0.15) is 24.8 Å². The Labute approximate surface area is 220 Å². The molecule has 0 aliphatic carbocycles. The number of aryl methyl sites for hydroxylation is 1. The molecule has 0 N–H and O–H groups in total. The van der Waals surface area contributed by atoms with Crippen molar-refractivity contribution in [2.45, 2.75) is 30.4 Å². The normalized spacial score (nSPS) is 18.6. The third-order valence-electron chi connectivity index (χ3n) is 6.96. The summed E-state index contributed by atoms with van der Waals surface area (Å²) in [5.41, 5.74) is 2.04. The number of anilines is 1. The SMILES string of the molecule is Cc1cccc2sc(N(CCCN3CCOCC3)C(=O)C3CCN(S(=O)(=O)c4cccs4)CC3)nc12. The number of hydrogen-bond donors (Lipinski definition) is 0. The molecule has 0 unspecified atom stereocenters. The number of aromatic nitrogens is 1. The van der Waals surface area contributed by atoms with E-state index >= 15 is 0 Å². The fourth-order valence-electron chi connectivity index (χ4n) is 4.87. The second-order valence-electron chi connectivity index (χ2n) is 9.33. The molecule has 0 radical (unpaired) electrons. The maximum atomic E-state index is 13.8. The molecule has 1 aromatic carbocycles. The molecule has 2 aromatic heterocycles. The van der Waals surface area contributed by atoms with Gasteiger partial charge in [0.15, 0.2) is 5.13 Å². The Morgan fingerprint density at radius 1 is 1.14 bits per heavy atom. The highest BCUT2D eigenvalue weighted by atomic mass is 32.2. The average Bonchev–Trinajstić information content (AvgIpc) is 3.59. The van der Waals surface area contributed by atoms with Crippen molar-refractivity contribution in [2.75, 3.05) is 57.4 Å². The Balaban J connectivity index is 1.30. The lowest BCUT2D eigenvalue weighted by molar-refractivity contribution is -0.123. The number of amides is 1. The van der Waals surface area contributed by atoms with Gasteiger partial charge in [-0.05, 0) is 49.3 Å². The molecule has 0 saturated carbocycles. The minimum absolute atomic E-state index is 0.0573. The molecular weight excluding hydrogens is 517 g/mol. The van der Waals surface area contributed by atoms with Crippen LogP contribution in [0.15, 0.2) is 39.9 Å². The van der Waals surface area contributed by atoms with E-state index in [2.05, 4.69) is 4.90 Å². The summed E-state index contributed by atoms with van der Waals surface area (Å²) in [5, 5.41) is 2.51. The number of carbonyl (C=O) groups excluding carboxylic acids is 1. The van der Waals surface area contributed by atoms with Gasteiger partial charge in [-0.15, -0.1) is 11.3 Å². The molecule has 11 heteroatoms. The van der Waals surface area contributed by atoms with Crippen LogP contribution in [0.3, 0.4) is 0 Å². The van der Waals surface area contributed by atoms with Crippen molar-refractivity contribution in [1.82, 2.24) is 14.2 Å². The number of thiophene rings is 1. The molecule has 2 aliphatic heterocycles. The van der Waals surface area contributed by atoms with E-state index in [1.165, 1.54) is 15.6 Å². The highest BCUT2D eigenvalue weighted by Crippen LogP contribution is 2.33. The third-order valence-corrected chi connectivity index (χ3v) is 11.3. The fourth-order valence-corrected chi connectivity index (χ4v) is 8.56. The zero-order chi connectivity index (χ0) is 25.1. The van der Waals surface area contributed by atoms with Crippen LogP contribution in [-0.4, -0.2) is 81.0 Å². The van der Waals surface area contributed by atoms with Gasteiger partial charge in [-0.3, -0.25) is 14.6 Å². The van der Waals surface area contributed by atoms with E-state index < -0.39 is 10.0 Å². The average molecular weight is 549 g/mol. The number of benzene rings is 1. The fraction of sp³-hybridized carbons (Fsp3) is 0.520. The zero-order valence-electron chi connectivity index (χ0n) is 20.5. The van der Waals surface area contributed by atoms with Gasteiger partial charge >= 0.3 is 0 Å². The van der Waals surface area contributed by atoms with Gasteiger partial charge in [-0.2, -0.15) is 4.31 Å². The predicted octanol–water partition coefficient (Wildman–Crippen LogP) is 3.82. The molecule has 5 rings (SSSR count). The highest BCUT2D eigenvalue weighted by Gasteiger charge is 2.35. The Morgan fingerprint density at radius 3 is 2.61 bits per heavy atom. The van der Waals surface area contributed by atoms with Gasteiger partial charge in [0.05, 0.1) is 23.4 Å². The van der Waals surface area contributed by atoms with E-state index in [1.807, 2.05) is 30.0 Å². The molecule has 2 fully saturated rings. The number of piperidine rings is 1. The minimum Gasteiger partial charge on any atom is -0.379 e.